The fourth-order valence-electron chi connectivity index (χ4n) is 1.23. The lowest BCUT2D eigenvalue weighted by Crippen LogP contribution is -2.01. The van der Waals surface area contributed by atoms with E-state index in [1.54, 1.807) is 0 Å². The standard InChI is InChI=1S/C8H7N3O3S/c9-11-8-10-4-1-3(7(13)14)5(12)2-6(4)15-8/h1-2,12H,9H2,(H,10,11)(H,13,14). The molecule has 5 N–H and O–H groups in total. The van der Waals surface area contributed by atoms with Crippen LogP contribution in [0.1, 0.15) is 10.4 Å². The van der Waals surface area contributed by atoms with E-state index in [2.05, 4.69) is 10.1 Å². The van der Waals surface area contributed by atoms with Gasteiger partial charge in [0.2, 0.25) is 4.80 Å². The molecule has 0 amide bonds. The number of phenols is 1. The summed E-state index contributed by atoms with van der Waals surface area (Å²) in [5.41, 5.74) is 0.430. The Labute approximate surface area is 87.3 Å². The first kappa shape index (κ1) is 9.53. The van der Waals surface area contributed by atoms with E-state index in [4.69, 9.17) is 10.9 Å². The average molecular weight is 225 g/mol. The van der Waals surface area contributed by atoms with Gasteiger partial charge in [0.05, 0.1) is 10.2 Å². The first-order valence-electron chi connectivity index (χ1n) is 3.95. The Balaban J connectivity index is 2.79. The van der Waals surface area contributed by atoms with Crippen LogP contribution in [0, 0.1) is 0 Å². The monoisotopic (exact) mass is 225 g/mol. The lowest BCUT2D eigenvalue weighted by molar-refractivity contribution is 0.0694. The zero-order chi connectivity index (χ0) is 11.0. The van der Waals surface area contributed by atoms with Crippen LogP contribution in [0.25, 0.3) is 10.2 Å². The van der Waals surface area contributed by atoms with Crippen LogP contribution >= 0.6 is 11.3 Å². The van der Waals surface area contributed by atoms with E-state index in [-0.39, 0.29) is 11.3 Å². The van der Waals surface area contributed by atoms with Gasteiger partial charge in [0.1, 0.15) is 11.3 Å². The number of aromatic nitrogens is 1. The number of nitrogens with zero attached hydrogens (tertiary/aromatic N) is 1. The van der Waals surface area contributed by atoms with Gasteiger partial charge in [-0.05, 0) is 6.07 Å². The van der Waals surface area contributed by atoms with Gasteiger partial charge in [-0.25, -0.2) is 4.79 Å². The molecule has 2 rings (SSSR count). The van der Waals surface area contributed by atoms with Crippen molar-refractivity contribution in [2.75, 3.05) is 0 Å². The van der Waals surface area contributed by atoms with Crippen molar-refractivity contribution in [3.8, 4) is 5.75 Å². The van der Waals surface area contributed by atoms with Crippen LogP contribution in [0.15, 0.2) is 17.2 Å². The summed E-state index contributed by atoms with van der Waals surface area (Å²) in [6.45, 7) is 0. The summed E-state index contributed by atoms with van der Waals surface area (Å²) in [5.74, 6) is 3.62. The fraction of sp³-hybridized carbons (Fsp3) is 0. The third-order valence-corrected chi connectivity index (χ3v) is 2.85. The topological polar surface area (TPSA) is 112 Å². The van der Waals surface area contributed by atoms with Crippen LogP contribution in [-0.4, -0.2) is 21.2 Å². The van der Waals surface area contributed by atoms with E-state index in [9.17, 15) is 9.90 Å². The molecule has 0 radical (unpaired) electrons. The molecular weight excluding hydrogens is 218 g/mol. The summed E-state index contributed by atoms with van der Waals surface area (Å²) in [7, 11) is 0. The fourth-order valence-corrected chi connectivity index (χ4v) is 2.04. The highest BCUT2D eigenvalue weighted by Gasteiger charge is 2.11. The van der Waals surface area contributed by atoms with E-state index >= 15 is 0 Å². The first-order chi connectivity index (χ1) is 7.11. The minimum Gasteiger partial charge on any atom is -0.507 e. The number of nitrogens with one attached hydrogen (secondary N) is 1. The van der Waals surface area contributed by atoms with Gasteiger partial charge in [-0.1, -0.05) is 11.3 Å². The molecule has 0 aliphatic heterocycles. The summed E-state index contributed by atoms with van der Waals surface area (Å²) in [6, 6.07) is 2.72. The molecule has 0 fully saturated rings. The van der Waals surface area contributed by atoms with Crippen molar-refractivity contribution in [1.29, 1.82) is 0 Å². The SMILES string of the molecule is N/N=c1/[nH]c2cc(C(=O)O)c(O)cc2s1. The molecule has 0 bridgehead atoms. The molecule has 78 valence electrons. The number of thiazole rings is 1. The van der Waals surface area contributed by atoms with Gasteiger partial charge in [0, 0.05) is 6.07 Å². The Kier molecular flexibility index (Phi) is 2.09. The number of aromatic hydroxyl groups is 1. The molecule has 15 heavy (non-hydrogen) atoms. The van der Waals surface area contributed by atoms with Crippen molar-refractivity contribution in [1.82, 2.24) is 4.98 Å². The Morgan fingerprint density at radius 3 is 2.87 bits per heavy atom. The van der Waals surface area contributed by atoms with Gasteiger partial charge in [-0.3, -0.25) is 0 Å². The van der Waals surface area contributed by atoms with Gasteiger partial charge in [-0.2, -0.15) is 5.10 Å². The van der Waals surface area contributed by atoms with Crippen LogP contribution in [0.4, 0.5) is 0 Å². The maximum Gasteiger partial charge on any atom is 0.339 e. The molecule has 0 spiro atoms. The van der Waals surface area contributed by atoms with Crippen molar-refractivity contribution in [2.24, 2.45) is 10.9 Å². The number of rotatable bonds is 1. The first-order valence-corrected chi connectivity index (χ1v) is 4.76. The van der Waals surface area contributed by atoms with Crippen LogP contribution < -0.4 is 10.6 Å². The molecule has 0 aliphatic carbocycles. The Bertz CT molecular complexity index is 599. The number of carbonyl (C=O) groups is 1. The van der Waals surface area contributed by atoms with E-state index in [1.165, 1.54) is 23.5 Å². The predicted octanol–water partition coefficient (Wildman–Crippen LogP) is 0.408. The maximum absolute atomic E-state index is 10.7. The van der Waals surface area contributed by atoms with E-state index < -0.39 is 5.97 Å². The Hall–Kier alpha value is -2.02. The molecule has 0 unspecified atom stereocenters. The summed E-state index contributed by atoms with van der Waals surface area (Å²) >= 11 is 1.23. The zero-order valence-corrected chi connectivity index (χ0v) is 8.21. The smallest absolute Gasteiger partial charge is 0.339 e. The van der Waals surface area contributed by atoms with Crippen molar-refractivity contribution in [2.45, 2.75) is 0 Å². The quantitative estimate of drug-likeness (QED) is 0.416. The van der Waals surface area contributed by atoms with E-state index in [0.717, 1.165) is 0 Å². The van der Waals surface area contributed by atoms with Crippen molar-refractivity contribution in [3.05, 3.63) is 22.5 Å². The lowest BCUT2D eigenvalue weighted by Gasteiger charge is -1.98. The minimum absolute atomic E-state index is 0.153. The zero-order valence-electron chi connectivity index (χ0n) is 7.39. The highest BCUT2D eigenvalue weighted by molar-refractivity contribution is 7.16. The van der Waals surface area contributed by atoms with Crippen LogP contribution in [0.2, 0.25) is 0 Å². The number of carboxylic acids is 1. The normalized spacial score (nSPS) is 12.1. The average Bonchev–Trinajstić information content (AvgIpc) is 2.58. The van der Waals surface area contributed by atoms with Gasteiger partial charge < -0.3 is 21.0 Å². The molecule has 7 heteroatoms. The number of carboxylic acid groups (broad SMARTS) is 1. The maximum atomic E-state index is 10.7. The summed E-state index contributed by atoms with van der Waals surface area (Å²) < 4.78 is 0.696. The number of nitrogens with two attached hydrogens (primary N) is 1. The number of H-pyrrole nitrogens is 1. The molecule has 1 aromatic carbocycles. The summed E-state index contributed by atoms with van der Waals surface area (Å²) in [5, 5.41) is 21.6. The van der Waals surface area contributed by atoms with Crippen LogP contribution in [-0.2, 0) is 0 Å². The van der Waals surface area contributed by atoms with Crippen molar-refractivity contribution in [3.63, 3.8) is 0 Å². The van der Waals surface area contributed by atoms with Gasteiger partial charge >= 0.3 is 5.97 Å². The van der Waals surface area contributed by atoms with Crippen molar-refractivity contribution < 1.29 is 15.0 Å². The third-order valence-electron chi connectivity index (χ3n) is 1.89. The third kappa shape index (κ3) is 1.52. The molecular formula is C8H7N3O3S. The van der Waals surface area contributed by atoms with Crippen molar-refractivity contribution >= 4 is 27.5 Å². The number of benzene rings is 1. The lowest BCUT2D eigenvalue weighted by atomic mass is 10.2. The molecule has 0 saturated heterocycles. The second-order valence-electron chi connectivity index (χ2n) is 2.83. The minimum atomic E-state index is -1.18. The Morgan fingerprint density at radius 1 is 1.53 bits per heavy atom. The molecule has 0 saturated carbocycles. The number of hydrogen-bond donors (Lipinski definition) is 4. The molecule has 0 atom stereocenters. The predicted molar refractivity (Wildman–Crippen MR) is 54.6 cm³/mol. The number of hydrogen-bond acceptors (Lipinski definition) is 5. The molecule has 1 heterocycles. The number of fused-ring (bicyclic) bond motifs is 1. The summed E-state index contributed by atoms with van der Waals surface area (Å²) in [6.07, 6.45) is 0. The summed E-state index contributed by atoms with van der Waals surface area (Å²) in [4.78, 5) is 14.0. The van der Waals surface area contributed by atoms with Gasteiger partial charge in [0.15, 0.2) is 0 Å². The largest absolute Gasteiger partial charge is 0.507 e. The second kappa shape index (κ2) is 3.28. The highest BCUT2D eigenvalue weighted by atomic mass is 32.1. The number of aromatic amines is 1. The molecule has 1 aromatic heterocycles. The Morgan fingerprint density at radius 2 is 2.27 bits per heavy atom. The van der Waals surface area contributed by atoms with Gasteiger partial charge in [-0.15, -0.1) is 0 Å². The van der Waals surface area contributed by atoms with Crippen LogP contribution in [0.3, 0.4) is 0 Å². The van der Waals surface area contributed by atoms with E-state index in [1.807, 2.05) is 0 Å². The second-order valence-corrected chi connectivity index (χ2v) is 3.86. The highest BCUT2D eigenvalue weighted by Crippen LogP contribution is 2.25. The molecule has 2 aromatic rings. The van der Waals surface area contributed by atoms with E-state index in [0.29, 0.717) is 15.0 Å². The number of aromatic carboxylic acids is 1. The van der Waals surface area contributed by atoms with Crippen LogP contribution in [0.5, 0.6) is 5.75 Å². The molecule has 0 aliphatic rings. The van der Waals surface area contributed by atoms with Gasteiger partial charge in [0.25, 0.3) is 0 Å². The molecule has 6 nitrogen and oxygen atoms in total.